The first-order valence-electron chi connectivity index (χ1n) is 8.98. The Hall–Kier alpha value is -2.82. The Kier molecular flexibility index (Phi) is 6.07. The van der Waals surface area contributed by atoms with Gasteiger partial charge in [-0.1, -0.05) is 41.3 Å². The molecule has 0 radical (unpaired) electrons. The molecule has 0 aliphatic carbocycles. The van der Waals surface area contributed by atoms with Crippen molar-refractivity contribution in [3.63, 3.8) is 0 Å². The van der Waals surface area contributed by atoms with Crippen LogP contribution >= 0.6 is 34.4 Å². The van der Waals surface area contributed by atoms with Gasteiger partial charge in [0.25, 0.3) is 5.91 Å². The zero-order valence-electron chi connectivity index (χ0n) is 16.1. The number of anilines is 2. The number of carbonyl (C=O) groups excluding carboxylic acids is 2. The van der Waals surface area contributed by atoms with Gasteiger partial charge < -0.3 is 5.32 Å². The maximum Gasteiger partial charge on any atom is 0.286 e. The summed E-state index contributed by atoms with van der Waals surface area (Å²) in [7, 11) is 0. The standard InChI is InChI=1S/C20H17N5O2S3/c1-11-7-8-13(9-12(11)2)21-16(26)10-28-20-25-24-19(30-20)23-17(27)18-22-14-5-3-4-6-15(14)29-18/h3-9H,10H2,1-2H3,(H,21,26)(H,23,24,27). The molecule has 2 amide bonds. The number of rotatable bonds is 6. The number of nitrogens with one attached hydrogen (secondary N) is 2. The number of thiazole rings is 1. The average molecular weight is 456 g/mol. The summed E-state index contributed by atoms with van der Waals surface area (Å²) in [6, 6.07) is 13.4. The van der Waals surface area contributed by atoms with Gasteiger partial charge >= 0.3 is 0 Å². The number of fused-ring (bicyclic) bond motifs is 1. The molecule has 0 spiro atoms. The number of para-hydroxylation sites is 1. The van der Waals surface area contributed by atoms with Crippen LogP contribution in [0.5, 0.6) is 0 Å². The van der Waals surface area contributed by atoms with E-state index in [2.05, 4.69) is 25.8 Å². The van der Waals surface area contributed by atoms with Crippen molar-refractivity contribution in [3.8, 4) is 0 Å². The molecule has 0 aliphatic heterocycles. The summed E-state index contributed by atoms with van der Waals surface area (Å²) in [6.07, 6.45) is 0. The molecule has 0 saturated heterocycles. The molecular weight excluding hydrogens is 438 g/mol. The highest BCUT2D eigenvalue weighted by molar-refractivity contribution is 8.01. The van der Waals surface area contributed by atoms with Crippen LogP contribution < -0.4 is 10.6 Å². The second kappa shape index (κ2) is 8.90. The van der Waals surface area contributed by atoms with Gasteiger partial charge in [0.2, 0.25) is 11.0 Å². The van der Waals surface area contributed by atoms with E-state index in [1.807, 2.05) is 56.3 Å². The van der Waals surface area contributed by atoms with Crippen molar-refractivity contribution in [2.75, 3.05) is 16.4 Å². The number of thioether (sulfide) groups is 1. The molecule has 0 unspecified atom stereocenters. The third kappa shape index (κ3) is 4.84. The molecule has 0 aliphatic rings. The van der Waals surface area contributed by atoms with Crippen LogP contribution in [0.2, 0.25) is 0 Å². The van der Waals surface area contributed by atoms with Gasteiger partial charge in [-0.15, -0.1) is 21.5 Å². The molecule has 2 heterocycles. The summed E-state index contributed by atoms with van der Waals surface area (Å²) >= 11 is 3.82. The lowest BCUT2D eigenvalue weighted by Crippen LogP contribution is -2.14. The Morgan fingerprint density at radius 1 is 1.00 bits per heavy atom. The molecule has 0 bridgehead atoms. The summed E-state index contributed by atoms with van der Waals surface area (Å²) in [6.45, 7) is 4.03. The Balaban J connectivity index is 1.31. The molecule has 7 nitrogen and oxygen atoms in total. The second-order valence-electron chi connectivity index (χ2n) is 6.45. The van der Waals surface area contributed by atoms with Gasteiger partial charge in [0.05, 0.1) is 16.0 Å². The van der Waals surface area contributed by atoms with E-state index in [0.717, 1.165) is 21.5 Å². The molecule has 152 valence electrons. The van der Waals surface area contributed by atoms with Crippen molar-refractivity contribution in [1.29, 1.82) is 0 Å². The number of benzene rings is 2. The lowest BCUT2D eigenvalue weighted by molar-refractivity contribution is -0.113. The highest BCUT2D eigenvalue weighted by Gasteiger charge is 2.15. The zero-order valence-corrected chi connectivity index (χ0v) is 18.6. The zero-order chi connectivity index (χ0) is 21.1. The first kappa shape index (κ1) is 20.5. The molecule has 30 heavy (non-hydrogen) atoms. The van der Waals surface area contributed by atoms with Gasteiger partial charge in [0.1, 0.15) is 0 Å². The summed E-state index contributed by atoms with van der Waals surface area (Å²) in [4.78, 5) is 28.9. The number of carbonyl (C=O) groups is 2. The van der Waals surface area contributed by atoms with E-state index < -0.39 is 0 Å². The second-order valence-corrected chi connectivity index (χ2v) is 9.68. The van der Waals surface area contributed by atoms with Crippen LogP contribution in [-0.4, -0.2) is 32.7 Å². The molecule has 0 atom stereocenters. The van der Waals surface area contributed by atoms with Crippen LogP contribution in [-0.2, 0) is 4.79 Å². The third-order valence-electron chi connectivity index (χ3n) is 4.23. The number of aromatic nitrogens is 3. The molecule has 10 heteroatoms. The van der Waals surface area contributed by atoms with Crippen molar-refractivity contribution in [2.24, 2.45) is 0 Å². The molecule has 4 rings (SSSR count). The molecular formula is C20H17N5O2S3. The SMILES string of the molecule is Cc1ccc(NC(=O)CSc2nnc(NC(=O)c3nc4ccccc4s3)s2)cc1C. The highest BCUT2D eigenvalue weighted by Crippen LogP contribution is 2.27. The monoisotopic (exact) mass is 455 g/mol. The van der Waals surface area contributed by atoms with Crippen molar-refractivity contribution in [3.05, 3.63) is 58.6 Å². The summed E-state index contributed by atoms with van der Waals surface area (Å²) in [5, 5.41) is 14.3. The highest BCUT2D eigenvalue weighted by atomic mass is 32.2. The smallest absolute Gasteiger partial charge is 0.286 e. The predicted octanol–water partition coefficient (Wildman–Crippen LogP) is 4.75. The van der Waals surface area contributed by atoms with Crippen LogP contribution in [0.4, 0.5) is 10.8 Å². The largest absolute Gasteiger partial charge is 0.325 e. The summed E-state index contributed by atoms with van der Waals surface area (Å²) in [5.41, 5.74) is 3.86. The van der Waals surface area contributed by atoms with Crippen LogP contribution in [0.25, 0.3) is 10.2 Å². The van der Waals surface area contributed by atoms with Crippen molar-refractivity contribution < 1.29 is 9.59 Å². The fourth-order valence-corrected chi connectivity index (χ4v) is 4.99. The van der Waals surface area contributed by atoms with Crippen LogP contribution in [0.15, 0.2) is 46.8 Å². The van der Waals surface area contributed by atoms with E-state index in [4.69, 9.17) is 0 Å². The molecule has 0 fully saturated rings. The molecule has 2 aromatic heterocycles. The van der Waals surface area contributed by atoms with E-state index in [0.29, 0.717) is 14.5 Å². The molecule has 2 N–H and O–H groups in total. The first-order valence-corrected chi connectivity index (χ1v) is 11.6. The van der Waals surface area contributed by atoms with Crippen LogP contribution in [0.3, 0.4) is 0 Å². The normalized spacial score (nSPS) is 10.9. The van der Waals surface area contributed by atoms with E-state index in [9.17, 15) is 9.59 Å². The Morgan fingerprint density at radius 2 is 1.83 bits per heavy atom. The third-order valence-corrected chi connectivity index (χ3v) is 7.24. The fraction of sp³-hybridized carbons (Fsp3) is 0.150. The number of hydrogen-bond acceptors (Lipinski definition) is 8. The van der Waals surface area contributed by atoms with Crippen molar-refractivity contribution in [1.82, 2.24) is 15.2 Å². The van der Waals surface area contributed by atoms with Crippen molar-refractivity contribution in [2.45, 2.75) is 18.2 Å². The molecule has 2 aromatic carbocycles. The van der Waals surface area contributed by atoms with Gasteiger partial charge in [-0.2, -0.15) is 0 Å². The van der Waals surface area contributed by atoms with Gasteiger partial charge in [0.15, 0.2) is 9.35 Å². The number of amides is 2. The van der Waals surface area contributed by atoms with Crippen molar-refractivity contribution >= 4 is 67.3 Å². The van der Waals surface area contributed by atoms with Gasteiger partial charge in [-0.25, -0.2) is 4.98 Å². The number of hydrogen-bond donors (Lipinski definition) is 2. The van der Waals surface area contributed by atoms with Crippen LogP contribution in [0, 0.1) is 13.8 Å². The average Bonchev–Trinajstić information content (AvgIpc) is 3.36. The minimum atomic E-state index is -0.323. The van der Waals surface area contributed by atoms with E-state index in [1.165, 1.54) is 40.0 Å². The quantitative estimate of drug-likeness (QED) is 0.322. The van der Waals surface area contributed by atoms with Gasteiger partial charge in [-0.05, 0) is 49.2 Å². The lowest BCUT2D eigenvalue weighted by Gasteiger charge is -2.06. The van der Waals surface area contributed by atoms with E-state index in [1.54, 1.807) is 0 Å². The maximum atomic E-state index is 12.4. The fourth-order valence-electron chi connectivity index (χ4n) is 2.58. The lowest BCUT2D eigenvalue weighted by atomic mass is 10.1. The van der Waals surface area contributed by atoms with Gasteiger partial charge in [0, 0.05) is 5.69 Å². The topological polar surface area (TPSA) is 96.9 Å². The van der Waals surface area contributed by atoms with E-state index >= 15 is 0 Å². The van der Waals surface area contributed by atoms with Gasteiger partial charge in [-0.3, -0.25) is 14.9 Å². The minimum absolute atomic E-state index is 0.126. The summed E-state index contributed by atoms with van der Waals surface area (Å²) < 4.78 is 1.55. The Bertz CT molecular complexity index is 1200. The predicted molar refractivity (Wildman–Crippen MR) is 123 cm³/mol. The Morgan fingerprint density at radius 3 is 2.63 bits per heavy atom. The number of aryl methyl sites for hydroxylation is 2. The number of nitrogens with zero attached hydrogens (tertiary/aromatic N) is 3. The Labute approximate surface area is 185 Å². The molecule has 4 aromatic rings. The maximum absolute atomic E-state index is 12.4. The minimum Gasteiger partial charge on any atom is -0.325 e. The first-order chi connectivity index (χ1) is 14.5. The summed E-state index contributed by atoms with van der Waals surface area (Å²) in [5.74, 6) is -0.247. The van der Waals surface area contributed by atoms with Crippen LogP contribution in [0.1, 0.15) is 20.9 Å². The molecule has 0 saturated carbocycles. The van der Waals surface area contributed by atoms with E-state index in [-0.39, 0.29) is 17.6 Å².